The molecule has 4 heteroatoms. The maximum atomic E-state index is 11.8. The lowest BCUT2D eigenvalue weighted by molar-refractivity contribution is -0.123. The number of para-hydroxylation sites is 1. The van der Waals surface area contributed by atoms with Crippen molar-refractivity contribution in [3.05, 3.63) is 28.7 Å². The fourth-order valence-corrected chi connectivity index (χ4v) is 2.98. The van der Waals surface area contributed by atoms with Crippen LogP contribution >= 0.6 is 15.9 Å². The van der Waals surface area contributed by atoms with Gasteiger partial charge in [-0.15, -0.1) is 0 Å². The normalized spacial score (nSPS) is 28.0. The van der Waals surface area contributed by atoms with Gasteiger partial charge >= 0.3 is 0 Å². The lowest BCUT2D eigenvalue weighted by Gasteiger charge is -2.33. The quantitative estimate of drug-likeness (QED) is 0.901. The van der Waals surface area contributed by atoms with Crippen LogP contribution in [0, 0.1) is 5.92 Å². The fourth-order valence-electron chi connectivity index (χ4n) is 2.60. The minimum atomic E-state index is -0.593. The zero-order chi connectivity index (χ0) is 12.5. The summed E-state index contributed by atoms with van der Waals surface area (Å²) in [6.07, 6.45) is 2.90. The molecule has 1 aromatic carbocycles. The molecule has 0 bridgehead atoms. The van der Waals surface area contributed by atoms with Gasteiger partial charge in [0, 0.05) is 10.2 Å². The molecular weight excluding hydrogens is 280 g/mol. The van der Waals surface area contributed by atoms with Crippen molar-refractivity contribution in [2.45, 2.75) is 31.7 Å². The predicted octanol–water partition coefficient (Wildman–Crippen LogP) is 2.91. The van der Waals surface area contributed by atoms with Crippen molar-refractivity contribution in [1.82, 2.24) is 0 Å². The first-order chi connectivity index (χ1) is 8.06. The molecule has 3 nitrogen and oxygen atoms in total. The molecular formula is C13H17BrN2O. The van der Waals surface area contributed by atoms with E-state index in [1.165, 1.54) is 0 Å². The van der Waals surface area contributed by atoms with Crippen molar-refractivity contribution >= 4 is 27.5 Å². The molecule has 1 aliphatic carbocycles. The predicted molar refractivity (Wildman–Crippen MR) is 72.7 cm³/mol. The van der Waals surface area contributed by atoms with E-state index in [0.717, 1.165) is 29.4 Å². The highest BCUT2D eigenvalue weighted by molar-refractivity contribution is 9.10. The Labute approximate surface area is 110 Å². The summed E-state index contributed by atoms with van der Waals surface area (Å²) in [5, 5.41) is 3.35. The van der Waals surface area contributed by atoms with Gasteiger partial charge < -0.3 is 11.1 Å². The summed E-state index contributed by atoms with van der Waals surface area (Å²) in [4.78, 5) is 11.8. The second-order valence-corrected chi connectivity index (χ2v) is 5.59. The topological polar surface area (TPSA) is 55.1 Å². The standard InChI is InChI=1S/C13H17BrN2O/c1-9-5-4-8-13(9,12(15)17)16-11-7-3-2-6-10(11)14/h2-3,6-7,9,16H,4-5,8H2,1H3,(H2,15,17). The van der Waals surface area contributed by atoms with Crippen molar-refractivity contribution in [3.63, 3.8) is 0 Å². The molecule has 0 aliphatic heterocycles. The van der Waals surface area contributed by atoms with Crippen LogP contribution < -0.4 is 11.1 Å². The van der Waals surface area contributed by atoms with Crippen LogP contribution in [0.3, 0.4) is 0 Å². The number of nitrogens with one attached hydrogen (secondary N) is 1. The van der Waals surface area contributed by atoms with Crippen molar-refractivity contribution < 1.29 is 4.79 Å². The zero-order valence-corrected chi connectivity index (χ0v) is 11.5. The molecule has 0 saturated heterocycles. The highest BCUT2D eigenvalue weighted by atomic mass is 79.9. The van der Waals surface area contributed by atoms with E-state index < -0.39 is 5.54 Å². The Morgan fingerprint density at radius 1 is 1.53 bits per heavy atom. The van der Waals surface area contributed by atoms with E-state index in [0.29, 0.717) is 0 Å². The summed E-state index contributed by atoms with van der Waals surface area (Å²) in [5.41, 5.74) is 5.94. The minimum absolute atomic E-state index is 0.252. The first-order valence-electron chi connectivity index (χ1n) is 5.89. The van der Waals surface area contributed by atoms with E-state index in [4.69, 9.17) is 5.73 Å². The molecule has 0 spiro atoms. The first-order valence-corrected chi connectivity index (χ1v) is 6.68. The van der Waals surface area contributed by atoms with E-state index in [1.807, 2.05) is 24.3 Å². The van der Waals surface area contributed by atoms with Gasteiger partial charge in [0.2, 0.25) is 5.91 Å². The van der Waals surface area contributed by atoms with Crippen LogP contribution in [0.5, 0.6) is 0 Å². The third kappa shape index (κ3) is 2.18. The summed E-state index contributed by atoms with van der Waals surface area (Å²) in [5.74, 6) is 0.0189. The Bertz CT molecular complexity index is 435. The van der Waals surface area contributed by atoms with Crippen LogP contribution in [0.15, 0.2) is 28.7 Å². The monoisotopic (exact) mass is 296 g/mol. The Morgan fingerprint density at radius 2 is 2.24 bits per heavy atom. The average Bonchev–Trinajstić information content (AvgIpc) is 2.65. The van der Waals surface area contributed by atoms with Gasteiger partial charge in [-0.3, -0.25) is 4.79 Å². The Balaban J connectivity index is 2.31. The molecule has 0 heterocycles. The number of benzene rings is 1. The van der Waals surface area contributed by atoms with Gasteiger partial charge in [0.25, 0.3) is 0 Å². The lowest BCUT2D eigenvalue weighted by Crippen LogP contribution is -2.52. The van der Waals surface area contributed by atoms with Crippen molar-refractivity contribution in [1.29, 1.82) is 0 Å². The van der Waals surface area contributed by atoms with Gasteiger partial charge in [-0.25, -0.2) is 0 Å². The van der Waals surface area contributed by atoms with Crippen LogP contribution in [0.4, 0.5) is 5.69 Å². The molecule has 17 heavy (non-hydrogen) atoms. The van der Waals surface area contributed by atoms with Crippen molar-refractivity contribution in [2.75, 3.05) is 5.32 Å². The number of anilines is 1. The first kappa shape index (κ1) is 12.4. The van der Waals surface area contributed by atoms with Gasteiger partial charge in [0.1, 0.15) is 5.54 Å². The molecule has 2 rings (SSSR count). The minimum Gasteiger partial charge on any atom is -0.370 e. The number of amides is 1. The average molecular weight is 297 g/mol. The van der Waals surface area contributed by atoms with Crippen molar-refractivity contribution in [3.8, 4) is 0 Å². The van der Waals surface area contributed by atoms with Gasteiger partial charge in [-0.05, 0) is 46.8 Å². The number of nitrogens with two attached hydrogens (primary N) is 1. The molecule has 1 amide bonds. The molecule has 3 N–H and O–H groups in total. The van der Waals surface area contributed by atoms with Crippen LogP contribution in [0.2, 0.25) is 0 Å². The molecule has 1 aromatic rings. The Morgan fingerprint density at radius 3 is 2.76 bits per heavy atom. The lowest BCUT2D eigenvalue weighted by atomic mass is 9.87. The van der Waals surface area contributed by atoms with Gasteiger partial charge in [0.05, 0.1) is 0 Å². The van der Waals surface area contributed by atoms with Gasteiger partial charge in [-0.2, -0.15) is 0 Å². The highest BCUT2D eigenvalue weighted by Gasteiger charge is 2.45. The summed E-state index contributed by atoms with van der Waals surface area (Å²) >= 11 is 3.48. The van der Waals surface area contributed by atoms with Crippen LogP contribution in [-0.2, 0) is 4.79 Å². The smallest absolute Gasteiger partial charge is 0.243 e. The van der Waals surface area contributed by atoms with Crippen molar-refractivity contribution in [2.24, 2.45) is 11.7 Å². The third-order valence-corrected chi connectivity index (χ3v) is 4.41. The molecule has 92 valence electrons. The largest absolute Gasteiger partial charge is 0.370 e. The van der Waals surface area contributed by atoms with E-state index in [-0.39, 0.29) is 11.8 Å². The summed E-state index contributed by atoms with van der Waals surface area (Å²) in [6, 6.07) is 7.81. The van der Waals surface area contributed by atoms with E-state index in [2.05, 4.69) is 28.2 Å². The van der Waals surface area contributed by atoms with Crippen LogP contribution in [0.1, 0.15) is 26.2 Å². The molecule has 1 fully saturated rings. The summed E-state index contributed by atoms with van der Waals surface area (Å²) in [6.45, 7) is 2.08. The Hall–Kier alpha value is -1.03. The van der Waals surface area contributed by atoms with Crippen LogP contribution in [0.25, 0.3) is 0 Å². The second kappa shape index (κ2) is 4.69. The molecule has 1 aliphatic rings. The molecule has 2 unspecified atom stereocenters. The number of hydrogen-bond donors (Lipinski definition) is 2. The third-order valence-electron chi connectivity index (χ3n) is 3.72. The van der Waals surface area contributed by atoms with E-state index in [1.54, 1.807) is 0 Å². The maximum Gasteiger partial charge on any atom is 0.243 e. The number of rotatable bonds is 3. The molecule has 0 radical (unpaired) electrons. The number of primary amides is 1. The second-order valence-electron chi connectivity index (χ2n) is 4.73. The number of carbonyl (C=O) groups is 1. The maximum absolute atomic E-state index is 11.8. The van der Waals surface area contributed by atoms with Gasteiger partial charge in [0.15, 0.2) is 0 Å². The number of halogens is 1. The number of hydrogen-bond acceptors (Lipinski definition) is 2. The zero-order valence-electron chi connectivity index (χ0n) is 9.87. The van der Waals surface area contributed by atoms with Gasteiger partial charge in [-0.1, -0.05) is 25.5 Å². The summed E-state index contributed by atoms with van der Waals surface area (Å²) in [7, 11) is 0. The molecule has 2 atom stereocenters. The SMILES string of the molecule is CC1CCCC1(Nc1ccccc1Br)C(N)=O. The van der Waals surface area contributed by atoms with Crippen LogP contribution in [-0.4, -0.2) is 11.4 Å². The highest BCUT2D eigenvalue weighted by Crippen LogP contribution is 2.39. The van der Waals surface area contributed by atoms with E-state index in [9.17, 15) is 4.79 Å². The Kier molecular flexibility index (Phi) is 3.43. The van der Waals surface area contributed by atoms with E-state index >= 15 is 0 Å². The summed E-state index contributed by atoms with van der Waals surface area (Å²) < 4.78 is 0.958. The number of carbonyl (C=O) groups excluding carboxylic acids is 1. The molecule has 0 aromatic heterocycles. The molecule has 1 saturated carbocycles. The fraction of sp³-hybridized carbons (Fsp3) is 0.462.